The maximum Gasteiger partial charge on any atom is 0.251 e. The summed E-state index contributed by atoms with van der Waals surface area (Å²) in [5.41, 5.74) is 1.55. The van der Waals surface area contributed by atoms with E-state index in [1.54, 1.807) is 72.3 Å². The van der Waals surface area contributed by atoms with Crippen molar-refractivity contribution in [2.75, 3.05) is 24.8 Å². The van der Waals surface area contributed by atoms with Crippen molar-refractivity contribution in [2.24, 2.45) is 0 Å². The Morgan fingerprint density at radius 1 is 1.00 bits per heavy atom. The third-order valence-electron chi connectivity index (χ3n) is 5.31. The van der Waals surface area contributed by atoms with Crippen molar-refractivity contribution >= 4 is 29.3 Å². The summed E-state index contributed by atoms with van der Waals surface area (Å²) in [5.74, 6) is 0.780. The van der Waals surface area contributed by atoms with Gasteiger partial charge in [-0.15, -0.1) is 10.2 Å². The standard InChI is InChI=1S/C27H26FN5O4S/c1-3-37-23-13-9-20(10-14-23)30-25(34)17-38-27-32-31-24(33(27)21-6-4-5-19(28)15-21)16-29-26(35)18-7-11-22(36-2)12-8-18/h4-15H,3,16-17H2,1-2H3,(H,29,35)(H,30,34). The number of nitrogens with one attached hydrogen (secondary N) is 2. The molecule has 0 saturated heterocycles. The highest BCUT2D eigenvalue weighted by Crippen LogP contribution is 2.24. The van der Waals surface area contributed by atoms with Crippen LogP contribution in [0, 0.1) is 5.82 Å². The topological polar surface area (TPSA) is 107 Å². The lowest BCUT2D eigenvalue weighted by molar-refractivity contribution is -0.113. The molecule has 0 aliphatic heterocycles. The monoisotopic (exact) mass is 535 g/mol. The molecule has 2 amide bonds. The zero-order valence-electron chi connectivity index (χ0n) is 20.8. The van der Waals surface area contributed by atoms with Crippen LogP contribution >= 0.6 is 11.8 Å². The summed E-state index contributed by atoms with van der Waals surface area (Å²) in [6, 6.07) is 19.7. The Balaban J connectivity index is 1.46. The molecule has 1 heterocycles. The molecule has 3 aromatic carbocycles. The van der Waals surface area contributed by atoms with E-state index in [-0.39, 0.29) is 24.1 Å². The van der Waals surface area contributed by atoms with Crippen molar-refractivity contribution in [3.05, 3.63) is 90.0 Å². The smallest absolute Gasteiger partial charge is 0.251 e. The van der Waals surface area contributed by atoms with E-state index in [0.29, 0.717) is 40.3 Å². The molecule has 0 saturated carbocycles. The van der Waals surface area contributed by atoms with Crippen LogP contribution in [0.5, 0.6) is 11.5 Å². The fourth-order valence-corrected chi connectivity index (χ4v) is 4.29. The molecule has 0 bridgehead atoms. The first-order chi connectivity index (χ1) is 18.5. The summed E-state index contributed by atoms with van der Waals surface area (Å²) in [6.07, 6.45) is 0. The van der Waals surface area contributed by atoms with E-state index in [0.717, 1.165) is 17.5 Å². The average Bonchev–Trinajstić information content (AvgIpc) is 3.34. The van der Waals surface area contributed by atoms with Gasteiger partial charge in [0.1, 0.15) is 17.3 Å². The number of anilines is 1. The summed E-state index contributed by atoms with van der Waals surface area (Å²) in [6.45, 7) is 2.49. The zero-order valence-corrected chi connectivity index (χ0v) is 21.6. The van der Waals surface area contributed by atoms with Crippen LogP contribution in [0.15, 0.2) is 78.0 Å². The van der Waals surface area contributed by atoms with Gasteiger partial charge in [0, 0.05) is 11.3 Å². The SMILES string of the molecule is CCOc1ccc(NC(=O)CSc2nnc(CNC(=O)c3ccc(OC)cc3)n2-c2cccc(F)c2)cc1. The molecular formula is C27H26FN5O4S. The number of benzene rings is 3. The first-order valence-electron chi connectivity index (χ1n) is 11.7. The highest BCUT2D eigenvalue weighted by atomic mass is 32.2. The third-order valence-corrected chi connectivity index (χ3v) is 6.24. The molecule has 0 spiro atoms. The number of hydrogen-bond acceptors (Lipinski definition) is 7. The molecule has 11 heteroatoms. The lowest BCUT2D eigenvalue weighted by atomic mass is 10.2. The molecule has 0 aliphatic carbocycles. The summed E-state index contributed by atoms with van der Waals surface area (Å²) in [7, 11) is 1.55. The summed E-state index contributed by atoms with van der Waals surface area (Å²) < 4.78 is 26.2. The highest BCUT2D eigenvalue weighted by molar-refractivity contribution is 7.99. The van der Waals surface area contributed by atoms with E-state index in [2.05, 4.69) is 20.8 Å². The predicted molar refractivity (Wildman–Crippen MR) is 142 cm³/mol. The van der Waals surface area contributed by atoms with Crippen LogP contribution in [-0.4, -0.2) is 46.0 Å². The van der Waals surface area contributed by atoms with Gasteiger partial charge < -0.3 is 20.1 Å². The van der Waals surface area contributed by atoms with Crippen LogP contribution < -0.4 is 20.1 Å². The van der Waals surface area contributed by atoms with Crippen LogP contribution in [0.2, 0.25) is 0 Å². The van der Waals surface area contributed by atoms with Crippen LogP contribution in [-0.2, 0) is 11.3 Å². The van der Waals surface area contributed by atoms with Crippen LogP contribution in [0.4, 0.5) is 10.1 Å². The van der Waals surface area contributed by atoms with Crippen molar-refractivity contribution in [3.8, 4) is 17.2 Å². The molecule has 2 N–H and O–H groups in total. The molecule has 4 rings (SSSR count). The van der Waals surface area contributed by atoms with Crippen LogP contribution in [0.1, 0.15) is 23.1 Å². The number of halogens is 1. The zero-order chi connectivity index (χ0) is 26.9. The Morgan fingerprint density at radius 2 is 1.74 bits per heavy atom. The van der Waals surface area contributed by atoms with Crippen LogP contribution in [0.25, 0.3) is 5.69 Å². The van der Waals surface area contributed by atoms with Gasteiger partial charge in [-0.25, -0.2) is 4.39 Å². The number of nitrogens with zero attached hydrogens (tertiary/aromatic N) is 3. The molecule has 0 fully saturated rings. The van der Waals surface area contributed by atoms with Gasteiger partial charge in [0.15, 0.2) is 11.0 Å². The molecule has 9 nitrogen and oxygen atoms in total. The molecule has 0 unspecified atom stereocenters. The van der Waals surface area contributed by atoms with E-state index >= 15 is 0 Å². The largest absolute Gasteiger partial charge is 0.497 e. The van der Waals surface area contributed by atoms with Gasteiger partial charge in [-0.05, 0) is 73.7 Å². The van der Waals surface area contributed by atoms with Crippen molar-refractivity contribution in [3.63, 3.8) is 0 Å². The fraction of sp³-hybridized carbons (Fsp3) is 0.185. The Hall–Kier alpha value is -4.38. The molecule has 4 aromatic rings. The maximum atomic E-state index is 14.0. The van der Waals surface area contributed by atoms with Gasteiger partial charge >= 0.3 is 0 Å². The van der Waals surface area contributed by atoms with E-state index in [1.165, 1.54) is 12.1 Å². The van der Waals surface area contributed by atoms with Crippen LogP contribution in [0.3, 0.4) is 0 Å². The Kier molecular flexibility index (Phi) is 8.94. The second kappa shape index (κ2) is 12.7. The molecule has 0 atom stereocenters. The second-order valence-electron chi connectivity index (χ2n) is 7.92. The number of amides is 2. The van der Waals surface area contributed by atoms with E-state index in [1.807, 2.05) is 6.92 Å². The van der Waals surface area contributed by atoms with Gasteiger partial charge in [-0.1, -0.05) is 17.8 Å². The lowest BCUT2D eigenvalue weighted by Crippen LogP contribution is -2.24. The lowest BCUT2D eigenvalue weighted by Gasteiger charge is -2.11. The molecule has 0 radical (unpaired) electrons. The molecule has 196 valence electrons. The Bertz CT molecular complexity index is 1390. The van der Waals surface area contributed by atoms with Gasteiger partial charge in [0.25, 0.3) is 5.91 Å². The molecular weight excluding hydrogens is 509 g/mol. The Labute approximate surface area is 223 Å². The number of carbonyl (C=O) groups is 2. The summed E-state index contributed by atoms with van der Waals surface area (Å²) >= 11 is 1.15. The predicted octanol–water partition coefficient (Wildman–Crippen LogP) is 4.47. The first-order valence-corrected chi connectivity index (χ1v) is 12.7. The minimum atomic E-state index is -0.436. The number of hydrogen-bond donors (Lipinski definition) is 2. The van der Waals surface area contributed by atoms with E-state index < -0.39 is 5.82 Å². The average molecular weight is 536 g/mol. The highest BCUT2D eigenvalue weighted by Gasteiger charge is 2.18. The number of ether oxygens (including phenoxy) is 2. The summed E-state index contributed by atoms with van der Waals surface area (Å²) in [4.78, 5) is 25.2. The van der Waals surface area contributed by atoms with Crippen molar-refractivity contribution < 1.29 is 23.5 Å². The van der Waals surface area contributed by atoms with Gasteiger partial charge in [0.2, 0.25) is 5.91 Å². The molecule has 38 heavy (non-hydrogen) atoms. The molecule has 0 aliphatic rings. The van der Waals surface area contributed by atoms with Gasteiger partial charge in [-0.3, -0.25) is 14.2 Å². The number of methoxy groups -OCH3 is 1. The van der Waals surface area contributed by atoms with E-state index in [9.17, 15) is 14.0 Å². The summed E-state index contributed by atoms with van der Waals surface area (Å²) in [5, 5.41) is 14.4. The number of carbonyl (C=O) groups excluding carboxylic acids is 2. The first kappa shape index (κ1) is 26.7. The maximum absolute atomic E-state index is 14.0. The number of thioether (sulfide) groups is 1. The fourth-order valence-electron chi connectivity index (χ4n) is 3.51. The van der Waals surface area contributed by atoms with E-state index in [4.69, 9.17) is 9.47 Å². The van der Waals surface area contributed by atoms with Crippen molar-refractivity contribution in [1.82, 2.24) is 20.1 Å². The van der Waals surface area contributed by atoms with Crippen molar-refractivity contribution in [2.45, 2.75) is 18.6 Å². The van der Waals surface area contributed by atoms with Crippen molar-refractivity contribution in [1.29, 1.82) is 0 Å². The number of rotatable bonds is 11. The van der Waals surface area contributed by atoms with Gasteiger partial charge in [0.05, 0.1) is 31.7 Å². The minimum Gasteiger partial charge on any atom is -0.497 e. The number of aromatic nitrogens is 3. The van der Waals surface area contributed by atoms with Gasteiger partial charge in [-0.2, -0.15) is 0 Å². The molecule has 1 aromatic heterocycles. The quantitative estimate of drug-likeness (QED) is 0.273. The normalized spacial score (nSPS) is 10.6. The second-order valence-corrected chi connectivity index (χ2v) is 8.86. The minimum absolute atomic E-state index is 0.0350. The Morgan fingerprint density at radius 3 is 2.42 bits per heavy atom. The third kappa shape index (κ3) is 6.88.